The van der Waals surface area contributed by atoms with Gasteiger partial charge in [-0.05, 0) is 69.2 Å². The average molecular weight is 789 g/mol. The summed E-state index contributed by atoms with van der Waals surface area (Å²) in [6, 6.07) is 10.7. The molecule has 3 fully saturated rings. The number of alkyl halides is 7. The zero-order chi connectivity index (χ0) is 40.5. The smallest absolute Gasteiger partial charge is 0.490 e. The number of phenolic OH excluding ortho intramolecular Hbond substituents is 1. The van der Waals surface area contributed by atoms with Crippen LogP contribution in [0.2, 0.25) is 0 Å². The fourth-order valence-electron chi connectivity index (χ4n) is 6.74. The summed E-state index contributed by atoms with van der Waals surface area (Å²) in [5.74, 6) is -5.66. The van der Waals surface area contributed by atoms with E-state index in [1.807, 2.05) is 24.3 Å². The standard InChI is InChI=1S/C31H34F2N6O2.2C2HF3O2/c1-38(2)30(9-10-30)17-35-28-24-15-34-26(23-13-21(40)12-19-6-3-4-7-22(19)23)25(33)27(24)36-29(37-28)41-18-31-8-5-11-39(31)16-20(32)14-31;2*3-2(4,5)1(6)7/h3-4,6-7,12-13,15,20,40H,5,8-11,14,16-18H2,1-2H3,(H,35,36,37);2*(H,6,7)/t20-,31+;;/m1../s1. The van der Waals surface area contributed by atoms with Crippen LogP contribution in [0.3, 0.4) is 0 Å². The number of rotatable bonds is 8. The maximum atomic E-state index is 16.4. The number of carboxylic acids is 2. The maximum Gasteiger partial charge on any atom is 0.490 e. The first-order valence-electron chi connectivity index (χ1n) is 16.8. The number of aromatic hydroxyl groups is 1. The SMILES string of the molecule is CN(C)C1(CNc2nc(OC[C@@]34CCCN3C[C@H](F)C4)nc3c(F)c(-c4cc(O)cc5ccccc45)ncc23)CC1.O=C(O)C(F)(F)F.O=C(O)C(F)(F)F. The largest absolute Gasteiger partial charge is 0.508 e. The summed E-state index contributed by atoms with van der Waals surface area (Å²) in [7, 11) is 4.11. The Hall–Kier alpha value is -5.11. The summed E-state index contributed by atoms with van der Waals surface area (Å²) >= 11 is 0. The first-order valence-corrected chi connectivity index (χ1v) is 16.8. The number of hydrogen-bond acceptors (Lipinski definition) is 10. The molecular formula is C35H36F8N6O6. The minimum absolute atomic E-state index is 0.0218. The molecule has 2 aromatic heterocycles. The Kier molecular flexibility index (Phi) is 11.6. The molecule has 4 N–H and O–H groups in total. The van der Waals surface area contributed by atoms with Crippen LogP contribution in [0.1, 0.15) is 32.1 Å². The zero-order valence-corrected chi connectivity index (χ0v) is 29.3. The van der Waals surface area contributed by atoms with E-state index in [0.717, 1.165) is 43.0 Å². The molecule has 2 atom stereocenters. The first kappa shape index (κ1) is 41.1. The van der Waals surface area contributed by atoms with Gasteiger partial charge in [0.05, 0.1) is 10.9 Å². The number of hydrogen-bond donors (Lipinski definition) is 4. The number of nitrogens with zero attached hydrogens (tertiary/aromatic N) is 5. The van der Waals surface area contributed by atoms with Crippen LogP contribution < -0.4 is 10.1 Å². The van der Waals surface area contributed by atoms with Gasteiger partial charge in [0.2, 0.25) is 0 Å². The van der Waals surface area contributed by atoms with Crippen molar-refractivity contribution in [2.45, 2.75) is 61.7 Å². The molecule has 1 saturated carbocycles. The number of likely N-dealkylation sites (N-methyl/N-ethyl adjacent to an activating group) is 1. The minimum Gasteiger partial charge on any atom is -0.508 e. The van der Waals surface area contributed by atoms with Crippen LogP contribution in [0.25, 0.3) is 32.9 Å². The number of ether oxygens (including phenoxy) is 1. The molecule has 12 nitrogen and oxygen atoms in total. The number of carboxylic acid groups (broad SMARTS) is 2. The van der Waals surface area contributed by atoms with E-state index in [1.54, 1.807) is 12.3 Å². The highest BCUT2D eigenvalue weighted by molar-refractivity contribution is 5.99. The molecule has 20 heteroatoms. The lowest BCUT2D eigenvalue weighted by molar-refractivity contribution is -0.193. The summed E-state index contributed by atoms with van der Waals surface area (Å²) in [5.41, 5.74) is 0.287. The van der Waals surface area contributed by atoms with Crippen LogP contribution in [0.4, 0.5) is 40.9 Å². The summed E-state index contributed by atoms with van der Waals surface area (Å²) in [6.45, 7) is 2.15. The molecule has 0 amide bonds. The Morgan fingerprint density at radius 3 is 2.24 bits per heavy atom. The molecule has 4 heterocycles. The van der Waals surface area contributed by atoms with E-state index in [0.29, 0.717) is 36.3 Å². The minimum atomic E-state index is -5.08. The molecular weight excluding hydrogens is 752 g/mol. The summed E-state index contributed by atoms with van der Waals surface area (Å²) in [5, 5.41) is 30.1. The lowest BCUT2D eigenvalue weighted by Crippen LogP contribution is -2.43. The first-order chi connectivity index (χ1) is 25.7. The lowest BCUT2D eigenvalue weighted by atomic mass is 9.95. The van der Waals surface area contributed by atoms with Gasteiger partial charge in [-0.3, -0.25) is 9.88 Å². The van der Waals surface area contributed by atoms with Crippen molar-refractivity contribution in [2.24, 2.45) is 0 Å². The van der Waals surface area contributed by atoms with E-state index in [9.17, 15) is 35.8 Å². The molecule has 2 aliphatic heterocycles. The zero-order valence-electron chi connectivity index (χ0n) is 29.3. The van der Waals surface area contributed by atoms with Crippen molar-refractivity contribution >= 4 is 39.4 Å². The number of benzene rings is 2. The van der Waals surface area contributed by atoms with Gasteiger partial charge in [-0.1, -0.05) is 24.3 Å². The van der Waals surface area contributed by atoms with E-state index in [-0.39, 0.29) is 40.7 Å². The summed E-state index contributed by atoms with van der Waals surface area (Å²) < 4.78 is 100. The lowest BCUT2D eigenvalue weighted by Gasteiger charge is -2.30. The van der Waals surface area contributed by atoms with Gasteiger partial charge < -0.3 is 30.3 Å². The van der Waals surface area contributed by atoms with Crippen LogP contribution in [0.5, 0.6) is 11.8 Å². The summed E-state index contributed by atoms with van der Waals surface area (Å²) in [4.78, 5) is 35.9. The number of aromatic nitrogens is 3. The Balaban J connectivity index is 0.000000355. The molecule has 0 bridgehead atoms. The molecule has 2 aromatic carbocycles. The molecule has 0 unspecified atom stereocenters. The van der Waals surface area contributed by atoms with Crippen molar-refractivity contribution in [3.63, 3.8) is 0 Å². The molecule has 298 valence electrons. The molecule has 55 heavy (non-hydrogen) atoms. The van der Waals surface area contributed by atoms with Crippen molar-refractivity contribution in [1.82, 2.24) is 24.8 Å². The van der Waals surface area contributed by atoms with E-state index < -0.39 is 36.3 Å². The predicted molar refractivity (Wildman–Crippen MR) is 182 cm³/mol. The molecule has 0 spiro atoms. The van der Waals surface area contributed by atoms with Crippen LogP contribution in [0.15, 0.2) is 42.6 Å². The number of halogens is 8. The fraction of sp³-hybridized carbons (Fsp3) is 0.457. The van der Waals surface area contributed by atoms with Gasteiger partial charge in [-0.25, -0.2) is 18.4 Å². The van der Waals surface area contributed by atoms with Gasteiger partial charge >= 0.3 is 30.3 Å². The van der Waals surface area contributed by atoms with Crippen molar-refractivity contribution in [1.29, 1.82) is 0 Å². The second kappa shape index (κ2) is 15.6. The van der Waals surface area contributed by atoms with Gasteiger partial charge in [0, 0.05) is 36.8 Å². The fourth-order valence-corrected chi connectivity index (χ4v) is 6.74. The maximum absolute atomic E-state index is 16.4. The number of phenols is 1. The number of carbonyl (C=O) groups is 2. The highest BCUT2D eigenvalue weighted by Crippen LogP contribution is 2.42. The van der Waals surface area contributed by atoms with Crippen molar-refractivity contribution in [3.05, 3.63) is 48.4 Å². The number of aliphatic carboxylic acids is 2. The Morgan fingerprint density at radius 2 is 1.64 bits per heavy atom. The van der Waals surface area contributed by atoms with Crippen molar-refractivity contribution in [3.8, 4) is 23.0 Å². The molecule has 1 aliphatic carbocycles. The number of pyridine rings is 1. The normalized spacial score (nSPS) is 20.3. The number of fused-ring (bicyclic) bond motifs is 3. The third-order valence-electron chi connectivity index (χ3n) is 9.84. The molecule has 2 saturated heterocycles. The third kappa shape index (κ3) is 9.23. The monoisotopic (exact) mass is 788 g/mol. The molecule has 4 aromatic rings. The molecule has 7 rings (SSSR count). The number of anilines is 1. The molecule has 3 aliphatic rings. The van der Waals surface area contributed by atoms with Crippen LogP contribution >= 0.6 is 0 Å². The van der Waals surface area contributed by atoms with Gasteiger partial charge in [-0.2, -0.15) is 36.3 Å². The van der Waals surface area contributed by atoms with Crippen molar-refractivity contribution in [2.75, 3.05) is 45.7 Å². The van der Waals surface area contributed by atoms with Gasteiger partial charge in [0.15, 0.2) is 5.82 Å². The highest BCUT2D eigenvalue weighted by Gasteiger charge is 2.49. The quantitative estimate of drug-likeness (QED) is 0.145. The van der Waals surface area contributed by atoms with E-state index in [1.165, 1.54) is 6.07 Å². The van der Waals surface area contributed by atoms with Crippen LogP contribution in [-0.2, 0) is 9.59 Å². The van der Waals surface area contributed by atoms with Gasteiger partial charge in [0.1, 0.15) is 35.6 Å². The Labute approximate surface area is 307 Å². The van der Waals surface area contributed by atoms with Crippen LogP contribution in [-0.4, -0.2) is 122 Å². The third-order valence-corrected chi connectivity index (χ3v) is 9.84. The second-order valence-electron chi connectivity index (χ2n) is 13.7. The highest BCUT2D eigenvalue weighted by atomic mass is 19.4. The number of nitrogens with one attached hydrogen (secondary N) is 1. The van der Waals surface area contributed by atoms with E-state index >= 15 is 4.39 Å². The van der Waals surface area contributed by atoms with Gasteiger partial charge in [-0.15, -0.1) is 0 Å². The second-order valence-corrected chi connectivity index (χ2v) is 13.7. The average Bonchev–Trinajstić information content (AvgIpc) is 3.71. The summed E-state index contributed by atoms with van der Waals surface area (Å²) in [6.07, 6.45) is -5.08. The Morgan fingerprint density at radius 1 is 1.00 bits per heavy atom. The van der Waals surface area contributed by atoms with E-state index in [2.05, 4.69) is 44.2 Å². The van der Waals surface area contributed by atoms with E-state index in [4.69, 9.17) is 24.5 Å². The Bertz CT molecular complexity index is 2040. The van der Waals surface area contributed by atoms with Gasteiger partial charge in [0.25, 0.3) is 0 Å². The predicted octanol–water partition coefficient (Wildman–Crippen LogP) is 6.42. The topological polar surface area (TPSA) is 161 Å². The molecule has 0 radical (unpaired) electrons. The van der Waals surface area contributed by atoms with Crippen molar-refractivity contribution < 1.29 is 64.8 Å². The van der Waals surface area contributed by atoms with Crippen LogP contribution in [0, 0.1) is 5.82 Å².